The number of nitrogens with zero attached hydrogens (tertiary/aromatic N) is 3. The van der Waals surface area contributed by atoms with Crippen LogP contribution in [0, 0.1) is 6.92 Å². The maximum absolute atomic E-state index is 5.56. The van der Waals surface area contributed by atoms with Gasteiger partial charge in [0.15, 0.2) is 0 Å². The smallest absolute Gasteiger partial charge is 0.221 e. The number of hydrogen-bond acceptors (Lipinski definition) is 4. The number of aryl methyl sites for hydroxylation is 1. The van der Waals surface area contributed by atoms with Gasteiger partial charge >= 0.3 is 0 Å². The van der Waals surface area contributed by atoms with Gasteiger partial charge in [0.1, 0.15) is 5.82 Å². The molecule has 0 fully saturated rings. The van der Waals surface area contributed by atoms with Crippen LogP contribution in [0.5, 0.6) is 0 Å². The van der Waals surface area contributed by atoms with Crippen molar-refractivity contribution in [1.29, 1.82) is 0 Å². The fourth-order valence-electron chi connectivity index (χ4n) is 1.10. The summed E-state index contributed by atoms with van der Waals surface area (Å²) in [4.78, 5) is 10.3. The molecule has 1 heterocycles. The van der Waals surface area contributed by atoms with Crippen molar-refractivity contribution in [1.82, 2.24) is 9.97 Å². The number of anilines is 2. The molecule has 4 heteroatoms. The van der Waals surface area contributed by atoms with Gasteiger partial charge in [-0.1, -0.05) is 0 Å². The molecule has 78 valence electrons. The highest BCUT2D eigenvalue weighted by Gasteiger charge is 2.20. The first-order chi connectivity index (χ1) is 6.32. The second-order valence-corrected chi connectivity index (χ2v) is 4.46. The van der Waals surface area contributed by atoms with Crippen molar-refractivity contribution in [2.24, 2.45) is 0 Å². The lowest BCUT2D eigenvalue weighted by atomic mass is 10.1. The quantitative estimate of drug-likeness (QED) is 0.737. The van der Waals surface area contributed by atoms with E-state index in [1.165, 1.54) is 0 Å². The molecular weight excluding hydrogens is 176 g/mol. The van der Waals surface area contributed by atoms with E-state index in [4.69, 9.17) is 5.73 Å². The van der Waals surface area contributed by atoms with Crippen LogP contribution >= 0.6 is 0 Å². The summed E-state index contributed by atoms with van der Waals surface area (Å²) in [5.74, 6) is 1.21. The Labute approximate surface area is 85.2 Å². The summed E-state index contributed by atoms with van der Waals surface area (Å²) in [6.07, 6.45) is 1.75. The lowest BCUT2D eigenvalue weighted by Crippen LogP contribution is -2.39. The largest absolute Gasteiger partial charge is 0.368 e. The van der Waals surface area contributed by atoms with Gasteiger partial charge in [0, 0.05) is 24.3 Å². The van der Waals surface area contributed by atoms with Crippen molar-refractivity contribution in [3.8, 4) is 0 Å². The van der Waals surface area contributed by atoms with Crippen LogP contribution in [-0.4, -0.2) is 22.6 Å². The molecule has 0 aliphatic heterocycles. The Morgan fingerprint density at radius 1 is 1.36 bits per heavy atom. The topological polar surface area (TPSA) is 55.0 Å². The standard InChI is InChI=1S/C10H18N4/c1-7-6-12-9(11)13-8(7)14(5)10(2,3)4/h6H,1-5H3,(H2,11,12,13). The first-order valence-electron chi connectivity index (χ1n) is 4.65. The van der Waals surface area contributed by atoms with Crippen LogP contribution in [0.3, 0.4) is 0 Å². The van der Waals surface area contributed by atoms with Crippen molar-refractivity contribution in [2.75, 3.05) is 17.7 Å². The van der Waals surface area contributed by atoms with Crippen LogP contribution in [0.1, 0.15) is 26.3 Å². The molecule has 0 spiro atoms. The maximum atomic E-state index is 5.56. The van der Waals surface area contributed by atoms with Crippen LogP contribution in [-0.2, 0) is 0 Å². The van der Waals surface area contributed by atoms with Crippen LogP contribution in [0.4, 0.5) is 11.8 Å². The average molecular weight is 194 g/mol. The minimum absolute atomic E-state index is 0.0333. The van der Waals surface area contributed by atoms with Gasteiger partial charge in [-0.05, 0) is 27.7 Å². The molecule has 0 unspecified atom stereocenters. The Kier molecular flexibility index (Phi) is 2.64. The Morgan fingerprint density at radius 3 is 2.43 bits per heavy atom. The second-order valence-electron chi connectivity index (χ2n) is 4.46. The molecule has 4 nitrogen and oxygen atoms in total. The summed E-state index contributed by atoms with van der Waals surface area (Å²) < 4.78 is 0. The second kappa shape index (κ2) is 3.44. The summed E-state index contributed by atoms with van der Waals surface area (Å²) in [7, 11) is 2.01. The molecule has 14 heavy (non-hydrogen) atoms. The van der Waals surface area contributed by atoms with Gasteiger partial charge in [-0.15, -0.1) is 0 Å². The van der Waals surface area contributed by atoms with Crippen molar-refractivity contribution < 1.29 is 0 Å². The highest BCUT2D eigenvalue weighted by atomic mass is 15.2. The number of nitrogens with two attached hydrogens (primary N) is 1. The molecule has 0 atom stereocenters. The third-order valence-corrected chi connectivity index (χ3v) is 2.29. The van der Waals surface area contributed by atoms with Crippen molar-refractivity contribution >= 4 is 11.8 Å². The third kappa shape index (κ3) is 2.13. The van der Waals surface area contributed by atoms with E-state index in [1.807, 2.05) is 14.0 Å². The van der Waals surface area contributed by atoms with E-state index in [0.29, 0.717) is 5.95 Å². The van der Waals surface area contributed by atoms with Crippen LogP contribution in [0.2, 0.25) is 0 Å². The zero-order valence-corrected chi connectivity index (χ0v) is 9.50. The summed E-state index contributed by atoms with van der Waals surface area (Å²) in [6, 6.07) is 0. The number of hydrogen-bond donors (Lipinski definition) is 1. The predicted molar refractivity (Wildman–Crippen MR) is 59.3 cm³/mol. The summed E-state index contributed by atoms with van der Waals surface area (Å²) in [6.45, 7) is 8.37. The third-order valence-electron chi connectivity index (χ3n) is 2.29. The lowest BCUT2D eigenvalue weighted by Gasteiger charge is -2.33. The summed E-state index contributed by atoms with van der Waals surface area (Å²) >= 11 is 0. The molecule has 0 bridgehead atoms. The Morgan fingerprint density at radius 2 is 1.93 bits per heavy atom. The van der Waals surface area contributed by atoms with Crippen molar-refractivity contribution in [3.63, 3.8) is 0 Å². The monoisotopic (exact) mass is 194 g/mol. The van der Waals surface area contributed by atoms with Crippen LogP contribution in [0.15, 0.2) is 6.20 Å². The molecule has 1 aromatic rings. The lowest BCUT2D eigenvalue weighted by molar-refractivity contribution is 0.532. The molecule has 0 amide bonds. The zero-order valence-electron chi connectivity index (χ0n) is 9.50. The van der Waals surface area contributed by atoms with E-state index >= 15 is 0 Å². The minimum Gasteiger partial charge on any atom is -0.368 e. The molecule has 0 aromatic carbocycles. The highest BCUT2D eigenvalue weighted by Crippen LogP contribution is 2.22. The van der Waals surface area contributed by atoms with Gasteiger partial charge in [-0.3, -0.25) is 0 Å². The van der Waals surface area contributed by atoms with Gasteiger partial charge < -0.3 is 10.6 Å². The molecule has 0 saturated heterocycles. The van der Waals surface area contributed by atoms with Gasteiger partial charge in [0.25, 0.3) is 0 Å². The predicted octanol–water partition coefficient (Wildman–Crippen LogP) is 1.60. The van der Waals surface area contributed by atoms with Crippen LogP contribution in [0.25, 0.3) is 0 Å². The van der Waals surface area contributed by atoms with Gasteiger partial charge in [-0.2, -0.15) is 4.98 Å². The van der Waals surface area contributed by atoms with E-state index in [0.717, 1.165) is 11.4 Å². The molecule has 0 aliphatic rings. The summed E-state index contributed by atoms with van der Waals surface area (Å²) in [5.41, 5.74) is 6.63. The van der Waals surface area contributed by atoms with Crippen molar-refractivity contribution in [2.45, 2.75) is 33.2 Å². The fraction of sp³-hybridized carbons (Fsp3) is 0.600. The van der Waals surface area contributed by atoms with E-state index in [9.17, 15) is 0 Å². The van der Waals surface area contributed by atoms with Crippen molar-refractivity contribution in [3.05, 3.63) is 11.8 Å². The Balaban J connectivity index is 3.12. The van der Waals surface area contributed by atoms with Gasteiger partial charge in [0.2, 0.25) is 5.95 Å². The molecule has 2 N–H and O–H groups in total. The maximum Gasteiger partial charge on any atom is 0.221 e. The number of nitrogen functional groups attached to an aromatic ring is 1. The fourth-order valence-corrected chi connectivity index (χ4v) is 1.10. The molecule has 0 radical (unpaired) electrons. The molecular formula is C10H18N4. The summed E-state index contributed by atoms with van der Waals surface area (Å²) in [5, 5.41) is 0. The van der Waals surface area contributed by atoms with E-state index < -0.39 is 0 Å². The highest BCUT2D eigenvalue weighted by molar-refractivity contribution is 5.49. The first kappa shape index (κ1) is 10.8. The SMILES string of the molecule is Cc1cnc(N)nc1N(C)C(C)(C)C. The Bertz CT molecular complexity index is 327. The number of aromatic nitrogens is 2. The molecule has 1 aromatic heterocycles. The zero-order chi connectivity index (χ0) is 10.9. The van der Waals surface area contributed by atoms with E-state index in [-0.39, 0.29) is 5.54 Å². The average Bonchev–Trinajstić information content (AvgIpc) is 2.06. The molecule has 1 rings (SSSR count). The Hall–Kier alpha value is -1.32. The van der Waals surface area contributed by atoms with Crippen LogP contribution < -0.4 is 10.6 Å². The first-order valence-corrected chi connectivity index (χ1v) is 4.65. The minimum atomic E-state index is 0.0333. The number of rotatable bonds is 1. The molecule has 0 saturated carbocycles. The van der Waals surface area contributed by atoms with E-state index in [1.54, 1.807) is 6.20 Å². The van der Waals surface area contributed by atoms with E-state index in [2.05, 4.69) is 35.6 Å². The van der Waals surface area contributed by atoms with Gasteiger partial charge in [-0.25, -0.2) is 4.98 Å². The normalized spacial score (nSPS) is 11.5. The molecule has 0 aliphatic carbocycles. The van der Waals surface area contributed by atoms with Gasteiger partial charge in [0.05, 0.1) is 0 Å².